The third kappa shape index (κ3) is 5.87. The van der Waals surface area contributed by atoms with Crippen molar-refractivity contribution < 1.29 is 40.1 Å². The van der Waals surface area contributed by atoms with Crippen molar-refractivity contribution in [1.82, 2.24) is 0 Å². The molecule has 0 bridgehead atoms. The van der Waals surface area contributed by atoms with Crippen molar-refractivity contribution in [1.29, 1.82) is 0 Å². The minimum Gasteiger partial charge on any atom is -0.509 e. The van der Waals surface area contributed by atoms with Gasteiger partial charge in [0.2, 0.25) is 0 Å². The van der Waals surface area contributed by atoms with E-state index in [0.29, 0.717) is 30.3 Å². The predicted octanol–water partition coefficient (Wildman–Crippen LogP) is -0.181. The largest absolute Gasteiger partial charge is 0.509 e. The summed E-state index contributed by atoms with van der Waals surface area (Å²) in [7, 11) is 0. The Labute approximate surface area is 146 Å². The van der Waals surface area contributed by atoms with Crippen molar-refractivity contribution in [3.63, 3.8) is 0 Å². The van der Waals surface area contributed by atoms with Crippen LogP contribution in [0.25, 0.3) is 6.08 Å². The van der Waals surface area contributed by atoms with Gasteiger partial charge >= 0.3 is 0 Å². The number of hydrogen-bond acceptors (Lipinski definition) is 8. The van der Waals surface area contributed by atoms with E-state index in [4.69, 9.17) is 14.6 Å². The van der Waals surface area contributed by atoms with Crippen molar-refractivity contribution in [2.24, 2.45) is 0 Å². The van der Waals surface area contributed by atoms with Crippen LogP contribution in [0.2, 0.25) is 0 Å². The van der Waals surface area contributed by atoms with E-state index in [1.807, 2.05) is 13.8 Å². The summed E-state index contributed by atoms with van der Waals surface area (Å²) in [6, 6.07) is 4.84. The summed E-state index contributed by atoms with van der Waals surface area (Å²) >= 11 is 0. The summed E-state index contributed by atoms with van der Waals surface area (Å²) in [5.74, 6) is 0.364. The van der Waals surface area contributed by atoms with Gasteiger partial charge in [-0.3, -0.25) is 0 Å². The summed E-state index contributed by atoms with van der Waals surface area (Å²) in [4.78, 5) is 0. The van der Waals surface area contributed by atoms with E-state index in [2.05, 4.69) is 0 Å². The second-order valence-corrected chi connectivity index (χ2v) is 5.32. The summed E-state index contributed by atoms with van der Waals surface area (Å²) in [5, 5.41) is 57.3. The van der Waals surface area contributed by atoms with E-state index in [0.717, 1.165) is 0 Å². The number of ether oxygens (including phenoxy) is 2. The highest BCUT2D eigenvalue weighted by Crippen LogP contribution is 2.29. The molecule has 25 heavy (non-hydrogen) atoms. The maximum Gasteiger partial charge on any atom is 0.161 e. The van der Waals surface area contributed by atoms with Crippen LogP contribution >= 0.6 is 0 Å². The average molecular weight is 358 g/mol. The van der Waals surface area contributed by atoms with E-state index in [9.17, 15) is 25.5 Å². The molecule has 0 unspecified atom stereocenters. The third-order valence-corrected chi connectivity index (χ3v) is 3.44. The van der Waals surface area contributed by atoms with Crippen molar-refractivity contribution in [3.05, 3.63) is 29.5 Å². The lowest BCUT2D eigenvalue weighted by Crippen LogP contribution is -2.46. The zero-order valence-electron chi connectivity index (χ0n) is 14.2. The summed E-state index contributed by atoms with van der Waals surface area (Å²) in [6.07, 6.45) is -6.02. The molecule has 0 aliphatic rings. The van der Waals surface area contributed by atoms with Crippen LogP contribution in [0.1, 0.15) is 19.4 Å². The van der Waals surface area contributed by atoms with Crippen LogP contribution in [0.5, 0.6) is 11.5 Å². The van der Waals surface area contributed by atoms with Crippen LogP contribution in [0, 0.1) is 0 Å². The zero-order valence-corrected chi connectivity index (χ0v) is 14.2. The van der Waals surface area contributed by atoms with Crippen LogP contribution in [-0.4, -0.2) is 74.9 Å². The molecule has 6 N–H and O–H groups in total. The van der Waals surface area contributed by atoms with Gasteiger partial charge in [0.15, 0.2) is 11.5 Å². The van der Waals surface area contributed by atoms with Crippen molar-refractivity contribution in [3.8, 4) is 11.5 Å². The Morgan fingerprint density at radius 2 is 1.60 bits per heavy atom. The highest BCUT2D eigenvalue weighted by Gasteiger charge is 2.32. The Hall–Kier alpha value is -1.84. The molecule has 1 rings (SSSR count). The molecule has 0 heterocycles. The van der Waals surface area contributed by atoms with E-state index < -0.39 is 36.8 Å². The molecule has 1 aromatic rings. The normalized spacial score (nSPS) is 16.8. The fourth-order valence-corrected chi connectivity index (χ4v) is 2.11. The molecule has 1 aromatic carbocycles. The minimum absolute atomic E-state index is 0.409. The Bertz CT molecular complexity index is 560. The first-order chi connectivity index (χ1) is 11.8. The maximum atomic E-state index is 9.96. The van der Waals surface area contributed by atoms with Gasteiger partial charge < -0.3 is 40.1 Å². The summed E-state index contributed by atoms with van der Waals surface area (Å²) in [5.41, 5.74) is 0.466. The summed E-state index contributed by atoms with van der Waals surface area (Å²) < 4.78 is 10.9. The Kier molecular flexibility index (Phi) is 8.67. The molecule has 0 aliphatic carbocycles. The Balaban J connectivity index is 2.98. The Morgan fingerprint density at radius 3 is 2.16 bits per heavy atom. The van der Waals surface area contributed by atoms with E-state index in [-0.39, 0.29) is 0 Å². The van der Waals surface area contributed by atoms with E-state index >= 15 is 0 Å². The van der Waals surface area contributed by atoms with Gasteiger partial charge in [-0.15, -0.1) is 0 Å². The van der Waals surface area contributed by atoms with Gasteiger partial charge in [0.05, 0.1) is 19.8 Å². The van der Waals surface area contributed by atoms with Gasteiger partial charge in [-0.25, -0.2) is 0 Å². The fraction of sp³-hybridized carbons (Fsp3) is 0.529. The molecular formula is C17H26O8. The topological polar surface area (TPSA) is 140 Å². The van der Waals surface area contributed by atoms with Gasteiger partial charge in [0, 0.05) is 0 Å². The smallest absolute Gasteiger partial charge is 0.161 e. The van der Waals surface area contributed by atoms with Crippen molar-refractivity contribution >= 4 is 6.08 Å². The van der Waals surface area contributed by atoms with Crippen LogP contribution in [0.15, 0.2) is 24.0 Å². The lowest BCUT2D eigenvalue weighted by molar-refractivity contribution is -0.112. The summed E-state index contributed by atoms with van der Waals surface area (Å²) in [6.45, 7) is 3.71. The molecule has 0 saturated heterocycles. The molecule has 0 aromatic heterocycles. The average Bonchev–Trinajstić information content (AvgIpc) is 2.61. The third-order valence-electron chi connectivity index (χ3n) is 3.44. The van der Waals surface area contributed by atoms with E-state index in [1.54, 1.807) is 18.2 Å². The molecule has 0 spiro atoms. The number of rotatable bonds is 10. The number of benzene rings is 1. The zero-order chi connectivity index (χ0) is 19.0. The lowest BCUT2D eigenvalue weighted by Gasteiger charge is -2.25. The Morgan fingerprint density at radius 1 is 1.00 bits per heavy atom. The van der Waals surface area contributed by atoms with Gasteiger partial charge in [-0.1, -0.05) is 6.07 Å². The van der Waals surface area contributed by atoms with Gasteiger partial charge in [-0.05, 0) is 37.6 Å². The molecule has 0 saturated carbocycles. The molecular weight excluding hydrogens is 332 g/mol. The first-order valence-electron chi connectivity index (χ1n) is 7.98. The molecule has 0 fully saturated rings. The number of hydrogen-bond donors (Lipinski definition) is 6. The molecule has 0 amide bonds. The molecule has 0 radical (unpaired) electrons. The second-order valence-electron chi connectivity index (χ2n) is 5.32. The SMILES string of the molecule is CCOc1ccc(C=C(O)[C@H](O)[C@@H](O)[C@H](O)[C@H](O)CO)cc1OCC. The van der Waals surface area contributed by atoms with Crippen LogP contribution in [0.4, 0.5) is 0 Å². The fourth-order valence-electron chi connectivity index (χ4n) is 2.11. The molecule has 142 valence electrons. The maximum absolute atomic E-state index is 9.96. The van der Waals surface area contributed by atoms with E-state index in [1.165, 1.54) is 6.08 Å². The highest BCUT2D eigenvalue weighted by molar-refractivity contribution is 5.57. The van der Waals surface area contributed by atoms with Crippen LogP contribution in [-0.2, 0) is 0 Å². The molecule has 0 aliphatic heterocycles. The molecule has 8 heteroatoms. The lowest BCUT2D eigenvalue weighted by atomic mass is 10.0. The van der Waals surface area contributed by atoms with Gasteiger partial charge in [0.1, 0.15) is 30.2 Å². The number of aliphatic hydroxyl groups is 6. The van der Waals surface area contributed by atoms with Gasteiger partial charge in [0.25, 0.3) is 0 Å². The standard InChI is InChI=1S/C17H26O8/c1-3-24-13-6-5-10(8-14(13)25-4-2)7-11(19)15(21)17(23)16(22)12(20)9-18/h5-8,12,15-23H,3-4,9H2,1-2H3/t12-,15+,16-,17-/m1/s1. The first-order valence-corrected chi connectivity index (χ1v) is 7.98. The predicted molar refractivity (Wildman–Crippen MR) is 90.5 cm³/mol. The van der Waals surface area contributed by atoms with Crippen LogP contribution in [0.3, 0.4) is 0 Å². The van der Waals surface area contributed by atoms with Gasteiger partial charge in [-0.2, -0.15) is 0 Å². The number of aliphatic hydroxyl groups excluding tert-OH is 6. The minimum atomic E-state index is -1.88. The quantitative estimate of drug-likeness (QED) is 0.317. The molecule has 4 atom stereocenters. The monoisotopic (exact) mass is 358 g/mol. The second kappa shape index (κ2) is 10.2. The van der Waals surface area contributed by atoms with Crippen molar-refractivity contribution in [2.45, 2.75) is 38.3 Å². The first kappa shape index (κ1) is 21.2. The highest BCUT2D eigenvalue weighted by atomic mass is 16.5. The molecule has 8 nitrogen and oxygen atoms in total. The van der Waals surface area contributed by atoms with Crippen molar-refractivity contribution in [2.75, 3.05) is 19.8 Å². The van der Waals surface area contributed by atoms with Crippen LogP contribution < -0.4 is 9.47 Å².